The van der Waals surface area contributed by atoms with Crippen LogP contribution in [0.2, 0.25) is 0 Å². The minimum absolute atomic E-state index is 0.0233. The summed E-state index contributed by atoms with van der Waals surface area (Å²) in [7, 11) is 0. The topological polar surface area (TPSA) is 74.7 Å². The van der Waals surface area contributed by atoms with Crippen LogP contribution in [0.15, 0.2) is 0 Å². The average Bonchev–Trinajstić information content (AvgIpc) is 2.67. The highest BCUT2D eigenvalue weighted by atomic mass is 79.9. The molecule has 1 fully saturated rings. The molecule has 18 heavy (non-hydrogen) atoms. The second-order valence-corrected chi connectivity index (χ2v) is 6.87. The Morgan fingerprint density at radius 1 is 1.50 bits per heavy atom. The van der Waals surface area contributed by atoms with Crippen molar-refractivity contribution in [1.82, 2.24) is 4.90 Å². The number of aliphatic carboxylic acids is 1. The molecule has 0 aromatic heterocycles. The van der Waals surface area contributed by atoms with Gasteiger partial charge in [-0.05, 0) is 6.42 Å². The number of hydrogen-bond acceptors (Lipinski definition) is 4. The van der Waals surface area contributed by atoms with E-state index in [1.807, 2.05) is 0 Å². The Bertz CT molecular complexity index is 363. The van der Waals surface area contributed by atoms with Gasteiger partial charge in [0.25, 0.3) is 0 Å². The summed E-state index contributed by atoms with van der Waals surface area (Å²) < 4.78 is 0. The third-order valence-corrected chi connectivity index (χ3v) is 4.51. The second kappa shape index (κ2) is 6.56. The van der Waals surface area contributed by atoms with Crippen molar-refractivity contribution < 1.29 is 19.5 Å². The zero-order chi connectivity index (χ0) is 13.9. The van der Waals surface area contributed by atoms with E-state index in [1.54, 1.807) is 6.92 Å². The summed E-state index contributed by atoms with van der Waals surface area (Å²) in [5.74, 6) is -1.13. The van der Waals surface area contributed by atoms with Gasteiger partial charge in [0.05, 0.1) is 0 Å². The Balaban J connectivity index is 2.64. The lowest BCUT2D eigenvalue weighted by atomic mass is 10.1. The standard InChI is InChI=1S/C11H16BrNO4S/c1-6(5-18-7(2)14)10(15)13-4-8(12)3-9(13)11(16)17/h6,8-9H,3-5H2,1-2H3,(H,16,17)/t6?,8?,9-/m0/s1. The van der Waals surface area contributed by atoms with Crippen LogP contribution < -0.4 is 0 Å². The van der Waals surface area contributed by atoms with E-state index in [4.69, 9.17) is 5.11 Å². The van der Waals surface area contributed by atoms with Gasteiger partial charge in [-0.1, -0.05) is 34.6 Å². The smallest absolute Gasteiger partial charge is 0.326 e. The van der Waals surface area contributed by atoms with Crippen LogP contribution in [0.4, 0.5) is 0 Å². The van der Waals surface area contributed by atoms with Gasteiger partial charge in [0.2, 0.25) is 5.91 Å². The molecule has 2 unspecified atom stereocenters. The summed E-state index contributed by atoms with van der Waals surface area (Å²) in [4.78, 5) is 35.5. The highest BCUT2D eigenvalue weighted by molar-refractivity contribution is 9.09. The molecule has 0 aromatic carbocycles. The minimum Gasteiger partial charge on any atom is -0.480 e. The monoisotopic (exact) mass is 337 g/mol. The summed E-state index contributed by atoms with van der Waals surface area (Å²) in [6.07, 6.45) is 0.424. The molecule has 1 heterocycles. The number of carbonyl (C=O) groups excluding carboxylic acids is 2. The Labute approximate surface area is 118 Å². The minimum atomic E-state index is -0.975. The maximum atomic E-state index is 12.1. The first kappa shape index (κ1) is 15.5. The molecule has 0 aromatic rings. The van der Waals surface area contributed by atoms with Gasteiger partial charge in [0.15, 0.2) is 5.12 Å². The number of halogens is 1. The molecule has 3 atom stereocenters. The first-order valence-electron chi connectivity index (χ1n) is 5.63. The molecule has 1 saturated heterocycles. The van der Waals surface area contributed by atoms with Crippen molar-refractivity contribution in [1.29, 1.82) is 0 Å². The van der Waals surface area contributed by atoms with Gasteiger partial charge < -0.3 is 10.0 Å². The molecule has 1 N–H and O–H groups in total. The molecule has 1 rings (SSSR count). The second-order valence-electron chi connectivity index (χ2n) is 4.38. The fourth-order valence-electron chi connectivity index (χ4n) is 1.86. The van der Waals surface area contributed by atoms with Crippen molar-refractivity contribution in [3.05, 3.63) is 0 Å². The number of hydrogen-bond donors (Lipinski definition) is 1. The van der Waals surface area contributed by atoms with E-state index >= 15 is 0 Å². The van der Waals surface area contributed by atoms with Crippen molar-refractivity contribution in [2.45, 2.75) is 31.1 Å². The molecule has 1 aliphatic rings. The van der Waals surface area contributed by atoms with Gasteiger partial charge in [-0.15, -0.1) is 0 Å². The van der Waals surface area contributed by atoms with Crippen molar-refractivity contribution in [3.8, 4) is 0 Å². The largest absolute Gasteiger partial charge is 0.480 e. The first-order chi connectivity index (χ1) is 8.32. The zero-order valence-electron chi connectivity index (χ0n) is 10.3. The molecule has 102 valence electrons. The van der Waals surface area contributed by atoms with E-state index in [-0.39, 0.29) is 21.8 Å². The number of carboxylic acids is 1. The molecule has 0 bridgehead atoms. The van der Waals surface area contributed by atoms with Gasteiger partial charge in [-0.25, -0.2) is 4.79 Å². The van der Waals surface area contributed by atoms with Gasteiger partial charge in [0.1, 0.15) is 6.04 Å². The van der Waals surface area contributed by atoms with E-state index in [9.17, 15) is 14.4 Å². The quantitative estimate of drug-likeness (QED) is 0.784. The van der Waals surface area contributed by atoms with Crippen LogP contribution in [0.5, 0.6) is 0 Å². The average molecular weight is 338 g/mol. The van der Waals surface area contributed by atoms with Crippen molar-refractivity contribution in [3.63, 3.8) is 0 Å². The van der Waals surface area contributed by atoms with Gasteiger partial charge in [0, 0.05) is 30.0 Å². The molecule has 1 aliphatic heterocycles. The number of carboxylic acid groups (broad SMARTS) is 1. The van der Waals surface area contributed by atoms with E-state index in [2.05, 4.69) is 15.9 Å². The summed E-state index contributed by atoms with van der Waals surface area (Å²) in [6.45, 7) is 3.58. The molecular weight excluding hydrogens is 322 g/mol. The van der Waals surface area contributed by atoms with Crippen LogP contribution in [0.1, 0.15) is 20.3 Å². The number of thioether (sulfide) groups is 1. The number of likely N-dealkylation sites (tertiary alicyclic amines) is 1. The van der Waals surface area contributed by atoms with Crippen LogP contribution in [-0.2, 0) is 14.4 Å². The predicted octanol–water partition coefficient (Wildman–Crippen LogP) is 1.35. The van der Waals surface area contributed by atoms with Crippen LogP contribution in [0.3, 0.4) is 0 Å². The Morgan fingerprint density at radius 2 is 2.11 bits per heavy atom. The lowest BCUT2D eigenvalue weighted by Crippen LogP contribution is -2.43. The first-order valence-corrected chi connectivity index (χ1v) is 7.53. The van der Waals surface area contributed by atoms with Crippen LogP contribution in [0, 0.1) is 5.92 Å². The summed E-state index contributed by atoms with van der Waals surface area (Å²) in [5.41, 5.74) is 0. The van der Waals surface area contributed by atoms with Crippen LogP contribution in [0.25, 0.3) is 0 Å². The number of alkyl halides is 1. The SMILES string of the molecule is CC(=O)SCC(C)C(=O)N1CC(Br)C[C@H]1C(=O)O. The summed E-state index contributed by atoms with van der Waals surface area (Å²) >= 11 is 4.44. The van der Waals surface area contributed by atoms with Crippen molar-refractivity contribution >= 4 is 44.7 Å². The fourth-order valence-corrected chi connectivity index (χ4v) is 3.15. The van der Waals surface area contributed by atoms with Crippen molar-refractivity contribution in [2.75, 3.05) is 12.3 Å². The number of amides is 1. The molecular formula is C11H16BrNO4S. The van der Waals surface area contributed by atoms with Crippen molar-refractivity contribution in [2.24, 2.45) is 5.92 Å². The van der Waals surface area contributed by atoms with Gasteiger partial charge in [-0.3, -0.25) is 9.59 Å². The predicted molar refractivity (Wildman–Crippen MR) is 72.8 cm³/mol. The normalized spacial score (nSPS) is 24.9. The molecule has 5 nitrogen and oxygen atoms in total. The highest BCUT2D eigenvalue weighted by Crippen LogP contribution is 2.26. The lowest BCUT2D eigenvalue weighted by Gasteiger charge is -2.24. The molecule has 7 heteroatoms. The zero-order valence-corrected chi connectivity index (χ0v) is 12.7. The Morgan fingerprint density at radius 3 is 2.61 bits per heavy atom. The number of carbonyl (C=O) groups is 3. The molecule has 0 aliphatic carbocycles. The summed E-state index contributed by atoms with van der Waals surface area (Å²) in [6, 6.07) is -0.758. The molecule has 1 amide bonds. The lowest BCUT2D eigenvalue weighted by molar-refractivity contribution is -0.149. The number of rotatable bonds is 4. The third-order valence-electron chi connectivity index (χ3n) is 2.78. The van der Waals surface area contributed by atoms with Gasteiger partial charge in [-0.2, -0.15) is 0 Å². The molecule has 0 radical (unpaired) electrons. The Hall–Kier alpha value is -0.560. The fraction of sp³-hybridized carbons (Fsp3) is 0.727. The molecule has 0 spiro atoms. The summed E-state index contributed by atoms with van der Waals surface area (Å²) in [5, 5.41) is 9.04. The van der Waals surface area contributed by atoms with E-state index < -0.39 is 12.0 Å². The maximum absolute atomic E-state index is 12.1. The van der Waals surface area contributed by atoms with E-state index in [0.29, 0.717) is 18.7 Å². The highest BCUT2D eigenvalue weighted by Gasteiger charge is 2.39. The van der Waals surface area contributed by atoms with E-state index in [1.165, 1.54) is 11.8 Å². The number of nitrogens with zero attached hydrogens (tertiary/aromatic N) is 1. The van der Waals surface area contributed by atoms with Crippen LogP contribution in [-0.4, -0.2) is 50.2 Å². The third kappa shape index (κ3) is 3.98. The van der Waals surface area contributed by atoms with E-state index in [0.717, 1.165) is 11.8 Å². The molecule has 0 saturated carbocycles. The van der Waals surface area contributed by atoms with Gasteiger partial charge >= 0.3 is 5.97 Å². The Kier molecular flexibility index (Phi) is 5.65. The maximum Gasteiger partial charge on any atom is 0.326 e. The van der Waals surface area contributed by atoms with Crippen LogP contribution >= 0.6 is 27.7 Å².